The van der Waals surface area contributed by atoms with Crippen molar-refractivity contribution in [2.75, 3.05) is 0 Å². The summed E-state index contributed by atoms with van der Waals surface area (Å²) in [7, 11) is 0. The van der Waals surface area contributed by atoms with E-state index >= 15 is 0 Å². The van der Waals surface area contributed by atoms with Crippen molar-refractivity contribution in [1.82, 2.24) is 0 Å². The number of fused-ring (bicyclic) bond motifs is 1. The average molecular weight is 188 g/mol. The highest BCUT2D eigenvalue weighted by Gasteiger charge is 2.11. The third kappa shape index (κ3) is 2.05. The Morgan fingerprint density at radius 3 is 2.29 bits per heavy atom. The average Bonchev–Trinajstić information content (AvgIpc) is 2.03. The maximum atomic E-state index is 5.71. The normalized spacial score (nSPS) is 13.6. The van der Waals surface area contributed by atoms with E-state index in [0.29, 0.717) is 6.61 Å². The SMILES string of the molecule is CC(C)(C)OCc1ccc2c(c1)C=C2. The molecule has 0 N–H and O–H groups in total. The van der Waals surface area contributed by atoms with Crippen molar-refractivity contribution in [2.45, 2.75) is 33.0 Å². The van der Waals surface area contributed by atoms with Crippen LogP contribution < -0.4 is 0 Å². The van der Waals surface area contributed by atoms with Crippen molar-refractivity contribution in [3.05, 3.63) is 34.9 Å². The largest absolute Gasteiger partial charge is 0.371 e. The number of ether oxygens (including phenoxy) is 1. The lowest BCUT2D eigenvalue weighted by atomic mass is 9.96. The van der Waals surface area contributed by atoms with E-state index in [1.54, 1.807) is 0 Å². The molecule has 0 heterocycles. The Labute approximate surface area is 85.4 Å². The first-order valence-corrected chi connectivity index (χ1v) is 5.00. The zero-order valence-corrected chi connectivity index (χ0v) is 9.00. The fraction of sp³-hybridized carbons (Fsp3) is 0.385. The minimum atomic E-state index is -0.0568. The first-order valence-electron chi connectivity index (χ1n) is 5.00. The van der Waals surface area contributed by atoms with Gasteiger partial charge in [0.1, 0.15) is 0 Å². The molecule has 0 bridgehead atoms. The predicted octanol–water partition coefficient (Wildman–Crippen LogP) is 3.49. The standard InChI is InChI=1S/C13H16O/c1-13(2,3)14-9-10-4-5-11-6-7-12(11)8-10/h4-8H,9H2,1-3H3. The molecule has 14 heavy (non-hydrogen) atoms. The summed E-state index contributed by atoms with van der Waals surface area (Å²) >= 11 is 0. The van der Waals surface area contributed by atoms with Crippen LogP contribution >= 0.6 is 0 Å². The smallest absolute Gasteiger partial charge is 0.0724 e. The van der Waals surface area contributed by atoms with Gasteiger partial charge in [0.2, 0.25) is 0 Å². The molecule has 0 atom stereocenters. The van der Waals surface area contributed by atoms with Gasteiger partial charge in [-0.2, -0.15) is 0 Å². The van der Waals surface area contributed by atoms with E-state index in [0.717, 1.165) is 0 Å². The zero-order chi connectivity index (χ0) is 10.2. The Morgan fingerprint density at radius 2 is 1.79 bits per heavy atom. The molecule has 2 rings (SSSR count). The molecule has 1 aromatic rings. The van der Waals surface area contributed by atoms with Gasteiger partial charge in [-0.3, -0.25) is 0 Å². The molecule has 0 spiro atoms. The van der Waals surface area contributed by atoms with Crippen LogP contribution in [0.5, 0.6) is 0 Å². The molecule has 0 fully saturated rings. The van der Waals surface area contributed by atoms with Crippen LogP contribution in [-0.2, 0) is 11.3 Å². The van der Waals surface area contributed by atoms with Gasteiger partial charge in [-0.15, -0.1) is 0 Å². The predicted molar refractivity (Wildman–Crippen MR) is 59.9 cm³/mol. The summed E-state index contributed by atoms with van der Waals surface area (Å²) in [5.41, 5.74) is 3.87. The summed E-state index contributed by atoms with van der Waals surface area (Å²) in [5.74, 6) is 0. The van der Waals surface area contributed by atoms with Gasteiger partial charge >= 0.3 is 0 Å². The zero-order valence-electron chi connectivity index (χ0n) is 9.00. The maximum Gasteiger partial charge on any atom is 0.0724 e. The van der Waals surface area contributed by atoms with Crippen LogP contribution in [0.3, 0.4) is 0 Å². The van der Waals surface area contributed by atoms with Crippen LogP contribution in [0, 0.1) is 0 Å². The molecule has 1 heteroatoms. The van der Waals surface area contributed by atoms with Crippen LogP contribution in [0.15, 0.2) is 18.2 Å². The molecule has 0 aliphatic heterocycles. The third-order valence-electron chi connectivity index (χ3n) is 2.27. The number of benzene rings is 1. The molecule has 74 valence electrons. The summed E-state index contributed by atoms with van der Waals surface area (Å²) in [5, 5.41) is 0. The first kappa shape index (κ1) is 9.47. The summed E-state index contributed by atoms with van der Waals surface area (Å²) < 4.78 is 5.71. The number of hydrogen-bond acceptors (Lipinski definition) is 1. The summed E-state index contributed by atoms with van der Waals surface area (Å²) in [6.07, 6.45) is 4.26. The number of rotatable bonds is 2. The third-order valence-corrected chi connectivity index (χ3v) is 2.27. The van der Waals surface area contributed by atoms with Gasteiger partial charge in [-0.1, -0.05) is 24.3 Å². The van der Waals surface area contributed by atoms with Gasteiger partial charge in [0.05, 0.1) is 12.2 Å². The minimum absolute atomic E-state index is 0.0568. The Morgan fingerprint density at radius 1 is 1.07 bits per heavy atom. The van der Waals surface area contributed by atoms with Gasteiger partial charge in [0.15, 0.2) is 0 Å². The van der Waals surface area contributed by atoms with Crippen LogP contribution in [0.1, 0.15) is 37.5 Å². The van der Waals surface area contributed by atoms with E-state index in [4.69, 9.17) is 4.74 Å². The van der Waals surface area contributed by atoms with E-state index in [1.807, 2.05) is 0 Å². The monoisotopic (exact) mass is 188 g/mol. The molecular weight excluding hydrogens is 172 g/mol. The highest BCUT2D eigenvalue weighted by atomic mass is 16.5. The van der Waals surface area contributed by atoms with Crippen molar-refractivity contribution in [1.29, 1.82) is 0 Å². The molecule has 0 unspecified atom stereocenters. The molecule has 1 aliphatic rings. The molecule has 0 saturated carbocycles. The van der Waals surface area contributed by atoms with Crippen molar-refractivity contribution < 1.29 is 4.74 Å². The second-order valence-electron chi connectivity index (χ2n) is 4.70. The molecule has 1 aliphatic carbocycles. The Kier molecular flexibility index (Phi) is 2.20. The lowest BCUT2D eigenvalue weighted by molar-refractivity contribution is -0.0149. The fourth-order valence-corrected chi connectivity index (χ4v) is 1.39. The fourth-order valence-electron chi connectivity index (χ4n) is 1.39. The maximum absolute atomic E-state index is 5.71. The second-order valence-corrected chi connectivity index (χ2v) is 4.70. The molecule has 0 amide bonds. The van der Waals surface area contributed by atoms with E-state index < -0.39 is 0 Å². The molecule has 0 aromatic heterocycles. The van der Waals surface area contributed by atoms with Gasteiger partial charge in [0.25, 0.3) is 0 Å². The summed E-state index contributed by atoms with van der Waals surface area (Å²) in [4.78, 5) is 0. The van der Waals surface area contributed by atoms with Crippen LogP contribution in [0.2, 0.25) is 0 Å². The van der Waals surface area contributed by atoms with Crippen LogP contribution in [-0.4, -0.2) is 5.60 Å². The van der Waals surface area contributed by atoms with Crippen molar-refractivity contribution in [3.63, 3.8) is 0 Å². The van der Waals surface area contributed by atoms with E-state index in [2.05, 4.69) is 51.1 Å². The Bertz CT molecular complexity index is 369. The lowest BCUT2D eigenvalue weighted by Crippen LogP contribution is -2.18. The first-order chi connectivity index (χ1) is 6.54. The van der Waals surface area contributed by atoms with Gasteiger partial charge in [-0.25, -0.2) is 0 Å². The Hall–Kier alpha value is -1.08. The van der Waals surface area contributed by atoms with Gasteiger partial charge in [-0.05, 0) is 43.5 Å². The molecule has 0 radical (unpaired) electrons. The second kappa shape index (κ2) is 3.25. The van der Waals surface area contributed by atoms with Gasteiger partial charge in [0, 0.05) is 0 Å². The van der Waals surface area contributed by atoms with Crippen molar-refractivity contribution in [3.8, 4) is 0 Å². The van der Waals surface area contributed by atoms with E-state index in [-0.39, 0.29) is 5.60 Å². The topological polar surface area (TPSA) is 9.23 Å². The number of hydrogen-bond donors (Lipinski definition) is 0. The summed E-state index contributed by atoms with van der Waals surface area (Å²) in [6.45, 7) is 6.93. The molecule has 1 nitrogen and oxygen atoms in total. The quantitative estimate of drug-likeness (QED) is 0.701. The molecule has 0 saturated heterocycles. The van der Waals surface area contributed by atoms with E-state index in [9.17, 15) is 0 Å². The molecule has 1 aromatic carbocycles. The van der Waals surface area contributed by atoms with Gasteiger partial charge < -0.3 is 4.74 Å². The van der Waals surface area contributed by atoms with Crippen LogP contribution in [0.25, 0.3) is 12.2 Å². The minimum Gasteiger partial charge on any atom is -0.371 e. The highest BCUT2D eigenvalue weighted by molar-refractivity contribution is 5.85. The molecular formula is C13H16O. The summed E-state index contributed by atoms with van der Waals surface area (Å²) in [6, 6.07) is 6.48. The van der Waals surface area contributed by atoms with Crippen LogP contribution in [0.4, 0.5) is 0 Å². The van der Waals surface area contributed by atoms with Crippen molar-refractivity contribution >= 4 is 12.2 Å². The van der Waals surface area contributed by atoms with E-state index in [1.165, 1.54) is 16.7 Å². The lowest BCUT2D eigenvalue weighted by Gasteiger charge is -2.20. The van der Waals surface area contributed by atoms with Crippen molar-refractivity contribution in [2.24, 2.45) is 0 Å². The highest BCUT2D eigenvalue weighted by Crippen LogP contribution is 2.25. The Balaban J connectivity index is 2.02.